The van der Waals surface area contributed by atoms with E-state index in [0.717, 1.165) is 19.3 Å². The van der Waals surface area contributed by atoms with Crippen molar-refractivity contribution in [1.82, 2.24) is 0 Å². The van der Waals surface area contributed by atoms with Gasteiger partial charge in [-0.05, 0) is 42.5 Å². The molecule has 0 saturated heterocycles. The van der Waals surface area contributed by atoms with Crippen LogP contribution in [0.3, 0.4) is 0 Å². The molecule has 4 nitrogen and oxygen atoms in total. The summed E-state index contributed by atoms with van der Waals surface area (Å²) in [6.07, 6.45) is 2.24. The molecule has 0 amide bonds. The number of hydrogen-bond acceptors (Lipinski definition) is 4. The third-order valence-corrected chi connectivity index (χ3v) is 2.43. The van der Waals surface area contributed by atoms with E-state index in [1.165, 1.54) is 0 Å². The summed E-state index contributed by atoms with van der Waals surface area (Å²) in [6.45, 7) is -0.248. The second-order valence-electron chi connectivity index (χ2n) is 3.34. The quantitative estimate of drug-likeness (QED) is 0.674. The molecule has 86 valence electrons. The van der Waals surface area contributed by atoms with Crippen LogP contribution in [0.1, 0.15) is 19.3 Å². The SMILES string of the molecule is O=C(Cl)COC1CCCC1OCC(=O)Cl. The van der Waals surface area contributed by atoms with Gasteiger partial charge in [-0.2, -0.15) is 0 Å². The highest BCUT2D eigenvalue weighted by Gasteiger charge is 2.29. The Hall–Kier alpha value is -0.160. The summed E-state index contributed by atoms with van der Waals surface area (Å²) < 4.78 is 10.5. The Morgan fingerprint density at radius 1 is 1.00 bits per heavy atom. The Morgan fingerprint density at radius 2 is 1.40 bits per heavy atom. The maximum absolute atomic E-state index is 10.5. The van der Waals surface area contributed by atoms with Crippen molar-refractivity contribution in [3.8, 4) is 0 Å². The molecule has 0 aliphatic heterocycles. The molecule has 1 rings (SSSR count). The van der Waals surface area contributed by atoms with E-state index >= 15 is 0 Å². The van der Waals surface area contributed by atoms with Gasteiger partial charge in [0, 0.05) is 0 Å². The van der Waals surface area contributed by atoms with Crippen molar-refractivity contribution in [3.05, 3.63) is 0 Å². The molecule has 0 radical (unpaired) electrons. The van der Waals surface area contributed by atoms with Gasteiger partial charge >= 0.3 is 0 Å². The standard InChI is InChI=1S/C9H12Cl2O4/c10-8(12)4-14-6-2-1-3-7(6)15-5-9(11)13/h6-7H,1-5H2. The Labute approximate surface area is 97.8 Å². The van der Waals surface area contributed by atoms with Crippen LogP contribution in [-0.4, -0.2) is 35.9 Å². The largest absolute Gasteiger partial charge is 0.366 e. The first-order valence-electron chi connectivity index (χ1n) is 4.69. The van der Waals surface area contributed by atoms with Crippen molar-refractivity contribution in [1.29, 1.82) is 0 Å². The summed E-state index contributed by atoms with van der Waals surface area (Å²) >= 11 is 10.3. The highest BCUT2D eigenvalue weighted by molar-refractivity contribution is 6.64. The van der Waals surface area contributed by atoms with E-state index in [9.17, 15) is 9.59 Å². The maximum Gasteiger partial charge on any atom is 0.247 e. The van der Waals surface area contributed by atoms with Gasteiger partial charge in [-0.1, -0.05) is 0 Å². The van der Waals surface area contributed by atoms with Gasteiger partial charge in [0.1, 0.15) is 13.2 Å². The predicted molar refractivity (Wildman–Crippen MR) is 55.1 cm³/mol. The lowest BCUT2D eigenvalue weighted by Crippen LogP contribution is -2.28. The first kappa shape index (κ1) is 12.9. The molecule has 2 atom stereocenters. The average Bonchev–Trinajstić information content (AvgIpc) is 2.58. The maximum atomic E-state index is 10.5. The third kappa shape index (κ3) is 4.93. The molecule has 0 aromatic rings. The minimum Gasteiger partial charge on any atom is -0.366 e. The highest BCUT2D eigenvalue weighted by atomic mass is 35.5. The molecule has 0 heterocycles. The molecule has 0 aromatic heterocycles. The molecule has 0 aromatic carbocycles. The zero-order valence-electron chi connectivity index (χ0n) is 8.08. The number of hydrogen-bond donors (Lipinski definition) is 0. The van der Waals surface area contributed by atoms with E-state index in [2.05, 4.69) is 0 Å². The molecule has 1 aliphatic rings. The number of rotatable bonds is 6. The van der Waals surface area contributed by atoms with Crippen LogP contribution >= 0.6 is 23.2 Å². The number of carbonyl (C=O) groups excluding carboxylic acids is 2. The molecule has 0 N–H and O–H groups in total. The van der Waals surface area contributed by atoms with Gasteiger partial charge in [-0.15, -0.1) is 0 Å². The van der Waals surface area contributed by atoms with Gasteiger partial charge < -0.3 is 9.47 Å². The van der Waals surface area contributed by atoms with Crippen LogP contribution in [0.25, 0.3) is 0 Å². The van der Waals surface area contributed by atoms with Crippen molar-refractivity contribution in [2.75, 3.05) is 13.2 Å². The summed E-state index contributed by atoms with van der Waals surface area (Å²) in [7, 11) is 0. The summed E-state index contributed by atoms with van der Waals surface area (Å²) in [5.74, 6) is 0. The Morgan fingerprint density at radius 3 is 1.73 bits per heavy atom. The second kappa shape index (κ2) is 6.43. The topological polar surface area (TPSA) is 52.6 Å². The van der Waals surface area contributed by atoms with E-state index in [1.807, 2.05) is 0 Å². The van der Waals surface area contributed by atoms with Crippen LogP contribution in [0.4, 0.5) is 0 Å². The fourth-order valence-electron chi connectivity index (χ4n) is 1.62. The summed E-state index contributed by atoms with van der Waals surface area (Å²) in [4.78, 5) is 21.0. The van der Waals surface area contributed by atoms with Gasteiger partial charge in [0.05, 0.1) is 12.2 Å². The van der Waals surface area contributed by atoms with Crippen LogP contribution in [0.15, 0.2) is 0 Å². The van der Waals surface area contributed by atoms with Gasteiger partial charge in [0.25, 0.3) is 0 Å². The van der Waals surface area contributed by atoms with Crippen LogP contribution in [0, 0.1) is 0 Å². The summed E-state index contributed by atoms with van der Waals surface area (Å²) in [6, 6.07) is 0. The summed E-state index contributed by atoms with van der Waals surface area (Å²) in [5.41, 5.74) is 0. The van der Waals surface area contributed by atoms with Crippen molar-refractivity contribution in [2.24, 2.45) is 0 Å². The molecule has 6 heteroatoms. The van der Waals surface area contributed by atoms with E-state index < -0.39 is 10.5 Å². The Balaban J connectivity index is 2.29. The number of carbonyl (C=O) groups is 2. The van der Waals surface area contributed by atoms with E-state index in [0.29, 0.717) is 0 Å². The lowest BCUT2D eigenvalue weighted by atomic mass is 10.2. The zero-order chi connectivity index (χ0) is 11.3. The van der Waals surface area contributed by atoms with E-state index in [1.54, 1.807) is 0 Å². The second-order valence-corrected chi connectivity index (χ2v) is 4.18. The number of ether oxygens (including phenoxy) is 2. The van der Waals surface area contributed by atoms with Crippen LogP contribution < -0.4 is 0 Å². The molecule has 0 spiro atoms. The van der Waals surface area contributed by atoms with Crippen LogP contribution in [-0.2, 0) is 19.1 Å². The smallest absolute Gasteiger partial charge is 0.247 e. The van der Waals surface area contributed by atoms with E-state index in [-0.39, 0.29) is 25.4 Å². The first-order chi connectivity index (χ1) is 7.09. The van der Waals surface area contributed by atoms with Gasteiger partial charge in [-0.25, -0.2) is 0 Å². The summed E-state index contributed by atoms with van der Waals surface area (Å²) in [5, 5.41) is -1.07. The van der Waals surface area contributed by atoms with Gasteiger partial charge in [-0.3, -0.25) is 9.59 Å². The van der Waals surface area contributed by atoms with Crippen molar-refractivity contribution < 1.29 is 19.1 Å². The predicted octanol–water partition coefficient (Wildman–Crippen LogP) is 1.47. The lowest BCUT2D eigenvalue weighted by molar-refractivity contribution is -0.126. The van der Waals surface area contributed by atoms with Crippen molar-refractivity contribution in [3.63, 3.8) is 0 Å². The molecule has 1 fully saturated rings. The molecular formula is C9H12Cl2O4. The lowest BCUT2D eigenvalue weighted by Gasteiger charge is -2.18. The van der Waals surface area contributed by atoms with Crippen molar-refractivity contribution >= 4 is 33.7 Å². The normalized spacial score (nSPS) is 25.5. The van der Waals surface area contributed by atoms with Crippen LogP contribution in [0.2, 0.25) is 0 Å². The molecule has 0 bridgehead atoms. The molecule has 1 saturated carbocycles. The van der Waals surface area contributed by atoms with Gasteiger partial charge in [0.2, 0.25) is 10.5 Å². The van der Waals surface area contributed by atoms with Gasteiger partial charge in [0.15, 0.2) is 0 Å². The fourth-order valence-corrected chi connectivity index (χ4v) is 1.74. The zero-order valence-corrected chi connectivity index (χ0v) is 9.59. The first-order valence-corrected chi connectivity index (χ1v) is 5.45. The number of halogens is 2. The fraction of sp³-hybridized carbons (Fsp3) is 0.778. The third-order valence-electron chi connectivity index (χ3n) is 2.21. The molecule has 2 unspecified atom stereocenters. The average molecular weight is 255 g/mol. The molecule has 1 aliphatic carbocycles. The monoisotopic (exact) mass is 254 g/mol. The van der Waals surface area contributed by atoms with Crippen molar-refractivity contribution in [2.45, 2.75) is 31.5 Å². The minimum absolute atomic E-state index is 0.124. The molecular weight excluding hydrogens is 243 g/mol. The minimum atomic E-state index is -0.533. The highest BCUT2D eigenvalue weighted by Crippen LogP contribution is 2.25. The molecule has 15 heavy (non-hydrogen) atoms. The van der Waals surface area contributed by atoms with E-state index in [4.69, 9.17) is 32.7 Å². The van der Waals surface area contributed by atoms with Crippen LogP contribution in [0.5, 0.6) is 0 Å². The Kier molecular flexibility index (Phi) is 5.53. The Bertz CT molecular complexity index is 220.